The Balaban J connectivity index is 1.59. The standard InChI is InChI=1S/C17H27NO3/c1-13-6-7-16(17(19)11-13)14(2)18-8-4-9-20-12-15-5-3-10-21-15/h6-7,11,14-15,18-19H,3-5,8-10,12H2,1-2H3. The molecular formula is C17H27NO3. The van der Waals surface area contributed by atoms with E-state index in [1.807, 2.05) is 19.1 Å². The molecule has 0 aliphatic carbocycles. The summed E-state index contributed by atoms with van der Waals surface area (Å²) in [6, 6.07) is 5.95. The largest absolute Gasteiger partial charge is 0.508 e. The molecule has 4 nitrogen and oxygen atoms in total. The van der Waals surface area contributed by atoms with E-state index in [0.29, 0.717) is 18.5 Å². The number of ether oxygens (including phenoxy) is 2. The zero-order valence-electron chi connectivity index (χ0n) is 13.1. The molecule has 1 fully saturated rings. The highest BCUT2D eigenvalue weighted by molar-refractivity contribution is 5.37. The summed E-state index contributed by atoms with van der Waals surface area (Å²) in [5, 5.41) is 13.4. The summed E-state index contributed by atoms with van der Waals surface area (Å²) in [6.07, 6.45) is 3.56. The molecule has 4 heteroatoms. The van der Waals surface area contributed by atoms with Gasteiger partial charge in [-0.1, -0.05) is 12.1 Å². The molecule has 0 bridgehead atoms. The van der Waals surface area contributed by atoms with Crippen molar-refractivity contribution in [2.45, 2.75) is 45.3 Å². The fourth-order valence-electron chi connectivity index (χ4n) is 2.61. The van der Waals surface area contributed by atoms with Gasteiger partial charge in [-0.2, -0.15) is 0 Å². The summed E-state index contributed by atoms with van der Waals surface area (Å²) in [5.74, 6) is 0.365. The van der Waals surface area contributed by atoms with Crippen molar-refractivity contribution in [3.05, 3.63) is 29.3 Å². The molecular weight excluding hydrogens is 266 g/mol. The maximum absolute atomic E-state index is 9.95. The number of phenolic OH excluding ortho intramolecular Hbond substituents is 1. The van der Waals surface area contributed by atoms with E-state index in [4.69, 9.17) is 9.47 Å². The Labute approximate surface area is 127 Å². The van der Waals surface area contributed by atoms with Crippen LogP contribution in [0.2, 0.25) is 0 Å². The predicted molar refractivity (Wildman–Crippen MR) is 83.7 cm³/mol. The Morgan fingerprint density at radius 1 is 1.48 bits per heavy atom. The third kappa shape index (κ3) is 5.30. The maximum Gasteiger partial charge on any atom is 0.120 e. The molecule has 0 aromatic heterocycles. The Kier molecular flexibility index (Phi) is 6.49. The molecule has 118 valence electrons. The molecule has 0 saturated carbocycles. The van der Waals surface area contributed by atoms with Gasteiger partial charge in [-0.05, 0) is 51.3 Å². The average Bonchev–Trinajstić information content (AvgIpc) is 2.95. The molecule has 2 atom stereocenters. The number of phenols is 1. The van der Waals surface area contributed by atoms with E-state index in [1.54, 1.807) is 6.07 Å². The van der Waals surface area contributed by atoms with Gasteiger partial charge in [-0.25, -0.2) is 0 Å². The molecule has 2 N–H and O–H groups in total. The molecule has 0 radical (unpaired) electrons. The minimum atomic E-state index is 0.142. The van der Waals surface area contributed by atoms with Gasteiger partial charge in [0.25, 0.3) is 0 Å². The number of nitrogens with one attached hydrogen (secondary N) is 1. The number of hydrogen-bond donors (Lipinski definition) is 2. The van der Waals surface area contributed by atoms with E-state index in [-0.39, 0.29) is 6.04 Å². The lowest BCUT2D eigenvalue weighted by Gasteiger charge is -2.16. The molecule has 1 aliphatic heterocycles. The summed E-state index contributed by atoms with van der Waals surface area (Å²) in [6.45, 7) is 7.27. The number of hydrogen-bond acceptors (Lipinski definition) is 4. The fraction of sp³-hybridized carbons (Fsp3) is 0.647. The van der Waals surface area contributed by atoms with Crippen molar-refractivity contribution < 1.29 is 14.6 Å². The second kappa shape index (κ2) is 8.37. The lowest BCUT2D eigenvalue weighted by atomic mass is 10.1. The second-order valence-electron chi connectivity index (χ2n) is 5.80. The first-order chi connectivity index (χ1) is 10.2. The minimum absolute atomic E-state index is 0.142. The van der Waals surface area contributed by atoms with Crippen LogP contribution in [-0.2, 0) is 9.47 Å². The van der Waals surface area contributed by atoms with Crippen LogP contribution in [0.15, 0.2) is 18.2 Å². The Bertz CT molecular complexity index is 430. The number of aryl methyl sites for hydroxylation is 1. The van der Waals surface area contributed by atoms with Gasteiger partial charge in [0, 0.05) is 24.8 Å². The van der Waals surface area contributed by atoms with Crippen LogP contribution in [0.3, 0.4) is 0 Å². The van der Waals surface area contributed by atoms with Gasteiger partial charge >= 0.3 is 0 Å². The molecule has 1 heterocycles. The molecule has 1 aromatic carbocycles. The van der Waals surface area contributed by atoms with Crippen molar-refractivity contribution in [3.8, 4) is 5.75 Å². The van der Waals surface area contributed by atoms with Gasteiger partial charge < -0.3 is 19.9 Å². The van der Waals surface area contributed by atoms with Crippen molar-refractivity contribution >= 4 is 0 Å². The van der Waals surface area contributed by atoms with Crippen LogP contribution in [0.5, 0.6) is 5.75 Å². The first-order valence-corrected chi connectivity index (χ1v) is 7.89. The van der Waals surface area contributed by atoms with Crippen LogP contribution >= 0.6 is 0 Å². The molecule has 1 saturated heterocycles. The zero-order valence-corrected chi connectivity index (χ0v) is 13.1. The zero-order chi connectivity index (χ0) is 15.1. The Hall–Kier alpha value is -1.10. The van der Waals surface area contributed by atoms with Crippen LogP contribution in [0.25, 0.3) is 0 Å². The maximum atomic E-state index is 9.95. The van der Waals surface area contributed by atoms with Crippen LogP contribution in [0.4, 0.5) is 0 Å². The summed E-state index contributed by atoms with van der Waals surface area (Å²) >= 11 is 0. The van der Waals surface area contributed by atoms with Crippen LogP contribution in [-0.4, -0.2) is 37.6 Å². The molecule has 21 heavy (non-hydrogen) atoms. The highest BCUT2D eigenvalue weighted by Gasteiger charge is 2.15. The molecule has 0 amide bonds. The highest BCUT2D eigenvalue weighted by atomic mass is 16.5. The Morgan fingerprint density at radius 2 is 2.33 bits per heavy atom. The first kappa shape index (κ1) is 16.3. The van der Waals surface area contributed by atoms with Crippen LogP contribution < -0.4 is 5.32 Å². The summed E-state index contributed by atoms with van der Waals surface area (Å²) in [4.78, 5) is 0. The highest BCUT2D eigenvalue weighted by Crippen LogP contribution is 2.24. The molecule has 2 rings (SSSR count). The van der Waals surface area contributed by atoms with Crippen molar-refractivity contribution in [3.63, 3.8) is 0 Å². The Morgan fingerprint density at radius 3 is 3.05 bits per heavy atom. The van der Waals surface area contributed by atoms with E-state index >= 15 is 0 Å². The van der Waals surface area contributed by atoms with Gasteiger partial charge in [0.2, 0.25) is 0 Å². The van der Waals surface area contributed by atoms with Gasteiger partial charge in [0.1, 0.15) is 5.75 Å². The quantitative estimate of drug-likeness (QED) is 0.724. The van der Waals surface area contributed by atoms with Crippen LogP contribution in [0, 0.1) is 6.92 Å². The topological polar surface area (TPSA) is 50.7 Å². The van der Waals surface area contributed by atoms with Crippen molar-refractivity contribution in [1.82, 2.24) is 5.32 Å². The average molecular weight is 293 g/mol. The van der Waals surface area contributed by atoms with Crippen molar-refractivity contribution in [2.75, 3.05) is 26.4 Å². The van der Waals surface area contributed by atoms with Gasteiger partial charge in [-0.15, -0.1) is 0 Å². The lowest BCUT2D eigenvalue weighted by Crippen LogP contribution is -2.22. The van der Waals surface area contributed by atoms with Gasteiger partial charge in [-0.3, -0.25) is 0 Å². The number of aromatic hydroxyl groups is 1. The van der Waals surface area contributed by atoms with E-state index in [2.05, 4.69) is 12.2 Å². The van der Waals surface area contributed by atoms with E-state index in [0.717, 1.165) is 50.1 Å². The second-order valence-corrected chi connectivity index (χ2v) is 5.80. The fourth-order valence-corrected chi connectivity index (χ4v) is 2.61. The van der Waals surface area contributed by atoms with E-state index in [1.165, 1.54) is 0 Å². The SMILES string of the molecule is Cc1ccc(C(C)NCCCOCC2CCCO2)c(O)c1. The normalized spacial score (nSPS) is 19.8. The third-order valence-corrected chi connectivity index (χ3v) is 3.90. The smallest absolute Gasteiger partial charge is 0.120 e. The minimum Gasteiger partial charge on any atom is -0.508 e. The lowest BCUT2D eigenvalue weighted by molar-refractivity contribution is 0.0165. The van der Waals surface area contributed by atoms with Gasteiger partial charge in [0.15, 0.2) is 0 Å². The summed E-state index contributed by atoms with van der Waals surface area (Å²) in [5.41, 5.74) is 2.02. The van der Waals surface area contributed by atoms with E-state index < -0.39 is 0 Å². The summed E-state index contributed by atoms with van der Waals surface area (Å²) < 4.78 is 11.1. The summed E-state index contributed by atoms with van der Waals surface area (Å²) in [7, 11) is 0. The first-order valence-electron chi connectivity index (χ1n) is 7.89. The van der Waals surface area contributed by atoms with Crippen LogP contribution in [0.1, 0.15) is 43.4 Å². The van der Waals surface area contributed by atoms with Crippen molar-refractivity contribution in [1.29, 1.82) is 0 Å². The molecule has 1 aliphatic rings. The predicted octanol–water partition coefficient (Wildman–Crippen LogP) is 2.94. The molecule has 0 spiro atoms. The van der Waals surface area contributed by atoms with E-state index in [9.17, 15) is 5.11 Å². The van der Waals surface area contributed by atoms with Gasteiger partial charge in [0.05, 0.1) is 12.7 Å². The monoisotopic (exact) mass is 293 g/mol. The van der Waals surface area contributed by atoms with Crippen molar-refractivity contribution in [2.24, 2.45) is 0 Å². The molecule has 1 aromatic rings. The molecule has 2 unspecified atom stereocenters. The number of rotatable bonds is 8. The third-order valence-electron chi connectivity index (χ3n) is 3.90. The number of benzene rings is 1.